The molecule has 1 unspecified atom stereocenters. The van der Waals surface area contributed by atoms with Gasteiger partial charge in [0.25, 0.3) is 0 Å². The molecule has 0 saturated carbocycles. The van der Waals surface area contributed by atoms with Gasteiger partial charge in [-0.3, -0.25) is 0 Å². The summed E-state index contributed by atoms with van der Waals surface area (Å²) in [6.45, 7) is 0. The summed E-state index contributed by atoms with van der Waals surface area (Å²) >= 11 is 0. The first-order chi connectivity index (χ1) is 34.3. The second kappa shape index (κ2) is 15.6. The quantitative estimate of drug-likeness (QED) is 0.155. The molecule has 12 aromatic rings. The number of anilines is 3. The van der Waals surface area contributed by atoms with Crippen molar-refractivity contribution in [3.63, 3.8) is 0 Å². The zero-order valence-corrected chi connectivity index (χ0v) is 37.8. The number of nitrogens with zero attached hydrogens (tertiary/aromatic N) is 2. The van der Waals surface area contributed by atoms with Crippen molar-refractivity contribution in [2.45, 2.75) is 5.41 Å². The van der Waals surface area contributed by atoms with E-state index in [2.05, 4.69) is 276 Å². The molecule has 2 heterocycles. The number of fused-ring (bicyclic) bond motifs is 12. The van der Waals surface area contributed by atoms with Gasteiger partial charge in [-0.1, -0.05) is 218 Å². The first kappa shape index (κ1) is 39.2. The van der Waals surface area contributed by atoms with E-state index in [1.165, 1.54) is 88.7 Å². The number of rotatable bonds is 7. The molecular weight excluding hydrogens is 833 g/mol. The number of hydrogen-bond acceptors (Lipinski definition) is 1. The van der Waals surface area contributed by atoms with Crippen molar-refractivity contribution < 1.29 is 0 Å². The minimum Gasteiger partial charge on any atom is -0.309 e. The Hall–Kier alpha value is -8.98. The van der Waals surface area contributed by atoms with Crippen LogP contribution in [0, 0.1) is 0 Å². The van der Waals surface area contributed by atoms with Crippen LogP contribution in [-0.2, 0) is 5.41 Å². The van der Waals surface area contributed by atoms with Gasteiger partial charge in [0.05, 0.1) is 33.5 Å². The van der Waals surface area contributed by atoms with E-state index in [1.807, 2.05) is 0 Å². The second-order valence-electron chi connectivity index (χ2n) is 18.4. The molecule has 1 atom stereocenters. The van der Waals surface area contributed by atoms with Crippen LogP contribution in [0.1, 0.15) is 22.3 Å². The maximum absolute atomic E-state index is 2.52. The number of aromatic nitrogens is 1. The van der Waals surface area contributed by atoms with E-state index >= 15 is 0 Å². The van der Waals surface area contributed by atoms with Crippen LogP contribution in [0.5, 0.6) is 0 Å². The second-order valence-corrected chi connectivity index (χ2v) is 18.4. The van der Waals surface area contributed by atoms with Crippen molar-refractivity contribution in [1.82, 2.24) is 4.57 Å². The smallest absolute Gasteiger partial charge is 0.0754 e. The van der Waals surface area contributed by atoms with E-state index in [4.69, 9.17) is 0 Å². The first-order valence-corrected chi connectivity index (χ1v) is 23.9. The number of para-hydroxylation sites is 4. The average molecular weight is 877 g/mol. The zero-order chi connectivity index (χ0) is 45.5. The summed E-state index contributed by atoms with van der Waals surface area (Å²) in [5.41, 5.74) is 23.7. The van der Waals surface area contributed by atoms with E-state index in [-0.39, 0.29) is 0 Å². The van der Waals surface area contributed by atoms with Crippen molar-refractivity contribution in [3.8, 4) is 61.3 Å². The van der Waals surface area contributed by atoms with Crippen LogP contribution >= 0.6 is 0 Å². The lowest BCUT2D eigenvalue weighted by atomic mass is 9.65. The van der Waals surface area contributed by atoms with Crippen LogP contribution in [0.3, 0.4) is 0 Å². The predicted molar refractivity (Wildman–Crippen MR) is 288 cm³/mol. The molecule has 69 heavy (non-hydrogen) atoms. The first-order valence-electron chi connectivity index (χ1n) is 23.9. The summed E-state index contributed by atoms with van der Waals surface area (Å²) in [5.74, 6) is 0. The average Bonchev–Trinajstić information content (AvgIpc) is 3.92. The molecule has 1 aromatic heterocycles. The van der Waals surface area contributed by atoms with Crippen LogP contribution < -0.4 is 4.90 Å². The minimum absolute atomic E-state index is 0.514. The third kappa shape index (κ3) is 5.86. The number of benzene rings is 11. The Kier molecular flexibility index (Phi) is 8.84. The molecule has 1 aliphatic heterocycles. The van der Waals surface area contributed by atoms with Gasteiger partial charge in [0.15, 0.2) is 0 Å². The van der Waals surface area contributed by atoms with E-state index in [9.17, 15) is 0 Å². The number of hydrogen-bond donors (Lipinski definition) is 0. The molecule has 0 fully saturated rings. The summed E-state index contributed by atoms with van der Waals surface area (Å²) in [7, 11) is 0. The Balaban J connectivity index is 1.01. The van der Waals surface area contributed by atoms with Gasteiger partial charge in [0.2, 0.25) is 0 Å². The molecule has 0 bridgehead atoms. The molecular formula is C67H44N2. The van der Waals surface area contributed by atoms with E-state index in [0.29, 0.717) is 0 Å². The van der Waals surface area contributed by atoms with E-state index < -0.39 is 5.41 Å². The zero-order valence-electron chi connectivity index (χ0n) is 37.8. The largest absolute Gasteiger partial charge is 0.309 e. The van der Waals surface area contributed by atoms with Gasteiger partial charge in [-0.15, -0.1) is 0 Å². The highest BCUT2D eigenvalue weighted by Gasteiger charge is 2.50. The predicted octanol–water partition coefficient (Wildman–Crippen LogP) is 17.6. The molecule has 322 valence electrons. The Labute approximate surface area is 402 Å². The maximum atomic E-state index is 2.52. The third-order valence-corrected chi connectivity index (χ3v) is 14.8. The van der Waals surface area contributed by atoms with Gasteiger partial charge >= 0.3 is 0 Å². The SMILES string of the molecule is c1ccc(-c2cccc(N(c3ccccc3-c3ccc4c(c3)-c3ccccc3C43c4ccccc4-n4c5ccccc5c5cccc3c54)c3ccc(-c4ccccc4)cc3-c3ccccc3)c2)cc1. The lowest BCUT2D eigenvalue weighted by molar-refractivity contribution is 0.748. The van der Waals surface area contributed by atoms with E-state index in [1.54, 1.807) is 0 Å². The summed E-state index contributed by atoms with van der Waals surface area (Å²) in [6, 6.07) is 98.6. The molecule has 1 spiro atoms. The standard InChI is InChI=1S/C67H44N2/c1-4-20-45(21-5-1)48-26-18-27-51(42-48)68(64-41-39-49(46-22-6-2-7-23-46)43-56(64)47-24-8-3-9-25-47)62-35-15-11-28-52(62)50-38-40-59-57(44-50)53-29-10-13-32-58(53)67(59)60-33-14-17-37-65(60)69-63-36-16-12-30-54(63)55-31-19-34-61(67)66(55)69/h1-44H. The normalized spacial score (nSPS) is 14.1. The summed E-state index contributed by atoms with van der Waals surface area (Å²) in [6.07, 6.45) is 0. The minimum atomic E-state index is -0.514. The Bertz CT molecular complexity index is 3960. The van der Waals surface area contributed by atoms with E-state index in [0.717, 1.165) is 33.8 Å². The fourth-order valence-corrected chi connectivity index (χ4v) is 11.9. The van der Waals surface area contributed by atoms with Crippen molar-refractivity contribution in [2.24, 2.45) is 0 Å². The van der Waals surface area contributed by atoms with Gasteiger partial charge in [0.1, 0.15) is 0 Å². The molecule has 14 rings (SSSR count). The van der Waals surface area contributed by atoms with Crippen LogP contribution in [0.4, 0.5) is 17.1 Å². The summed E-state index contributed by atoms with van der Waals surface area (Å²) in [4.78, 5) is 2.48. The molecule has 2 nitrogen and oxygen atoms in total. The Morgan fingerprint density at radius 3 is 1.62 bits per heavy atom. The van der Waals surface area contributed by atoms with Gasteiger partial charge in [-0.2, -0.15) is 0 Å². The van der Waals surface area contributed by atoms with Crippen molar-refractivity contribution in [2.75, 3.05) is 4.90 Å². The fourth-order valence-electron chi connectivity index (χ4n) is 11.9. The van der Waals surface area contributed by atoms with Crippen LogP contribution in [0.25, 0.3) is 83.1 Å². The van der Waals surface area contributed by atoms with Gasteiger partial charge in [-0.05, 0) is 115 Å². The summed E-state index contributed by atoms with van der Waals surface area (Å²) < 4.78 is 2.52. The molecule has 0 N–H and O–H groups in total. The maximum Gasteiger partial charge on any atom is 0.0754 e. The fraction of sp³-hybridized carbons (Fsp3) is 0.0149. The van der Waals surface area contributed by atoms with Crippen LogP contribution in [-0.4, -0.2) is 4.57 Å². The van der Waals surface area contributed by atoms with Gasteiger partial charge in [-0.25, -0.2) is 0 Å². The molecule has 0 saturated heterocycles. The Morgan fingerprint density at radius 2 is 0.826 bits per heavy atom. The third-order valence-electron chi connectivity index (χ3n) is 14.8. The monoisotopic (exact) mass is 876 g/mol. The lowest BCUT2D eigenvalue weighted by Gasteiger charge is -2.39. The van der Waals surface area contributed by atoms with Crippen LogP contribution in [0.2, 0.25) is 0 Å². The molecule has 1 aliphatic carbocycles. The Morgan fingerprint density at radius 1 is 0.290 bits per heavy atom. The topological polar surface area (TPSA) is 8.17 Å². The molecule has 0 radical (unpaired) electrons. The van der Waals surface area contributed by atoms with Gasteiger partial charge in [0, 0.05) is 27.6 Å². The van der Waals surface area contributed by atoms with Crippen molar-refractivity contribution in [1.29, 1.82) is 0 Å². The molecule has 0 amide bonds. The van der Waals surface area contributed by atoms with Crippen molar-refractivity contribution >= 4 is 38.9 Å². The molecule has 2 aliphatic rings. The van der Waals surface area contributed by atoms with Crippen molar-refractivity contribution in [3.05, 3.63) is 289 Å². The highest BCUT2D eigenvalue weighted by molar-refractivity contribution is 6.13. The molecule has 11 aromatic carbocycles. The summed E-state index contributed by atoms with van der Waals surface area (Å²) in [5, 5.41) is 2.57. The molecule has 2 heteroatoms. The van der Waals surface area contributed by atoms with Gasteiger partial charge < -0.3 is 9.47 Å². The highest BCUT2D eigenvalue weighted by Crippen LogP contribution is 2.61. The van der Waals surface area contributed by atoms with Crippen LogP contribution in [0.15, 0.2) is 267 Å². The highest BCUT2D eigenvalue weighted by atomic mass is 15.1. The lowest BCUT2D eigenvalue weighted by Crippen LogP contribution is -2.33.